The van der Waals surface area contributed by atoms with Crippen LogP contribution in [0.2, 0.25) is 0 Å². The molecule has 23 heavy (non-hydrogen) atoms. The summed E-state index contributed by atoms with van der Waals surface area (Å²) in [6.07, 6.45) is 2.15. The first-order valence-corrected chi connectivity index (χ1v) is 8.65. The summed E-state index contributed by atoms with van der Waals surface area (Å²) < 4.78 is 5.55. The molecule has 0 aliphatic rings. The quantitative estimate of drug-likeness (QED) is 0.589. The van der Waals surface area contributed by atoms with Crippen molar-refractivity contribution in [3.05, 3.63) is 75.7 Å². The van der Waals surface area contributed by atoms with Gasteiger partial charge in [-0.1, -0.05) is 29.8 Å². The Balaban J connectivity index is 0.000000185. The molecule has 0 unspecified atom stereocenters. The minimum absolute atomic E-state index is 0.639. The van der Waals surface area contributed by atoms with E-state index in [1.165, 1.54) is 26.2 Å². The number of aromatic nitrogens is 2. The Morgan fingerprint density at radius 1 is 0.957 bits per heavy atom. The van der Waals surface area contributed by atoms with E-state index in [0.717, 1.165) is 0 Å². The van der Waals surface area contributed by atoms with Gasteiger partial charge in [-0.2, -0.15) is 0 Å². The van der Waals surface area contributed by atoms with Gasteiger partial charge in [0.05, 0.1) is 0 Å². The molecule has 1 aromatic heterocycles. The van der Waals surface area contributed by atoms with Crippen LogP contribution in [0.3, 0.4) is 0 Å². The molecule has 0 spiro atoms. The Morgan fingerprint density at radius 2 is 1.57 bits per heavy atom. The molecule has 0 radical (unpaired) electrons. The van der Waals surface area contributed by atoms with Gasteiger partial charge in [0.25, 0.3) is 0 Å². The van der Waals surface area contributed by atoms with E-state index < -0.39 is 0 Å². The fourth-order valence-corrected chi connectivity index (χ4v) is 2.67. The fraction of sp³-hybridized carbons (Fsp3) is 0.211. The van der Waals surface area contributed by atoms with E-state index in [1.54, 1.807) is 0 Å². The van der Waals surface area contributed by atoms with E-state index in [1.807, 2.05) is 6.07 Å². The number of benzene rings is 2. The molecule has 124 valence electrons. The fourth-order valence-electron chi connectivity index (χ4n) is 2.25. The normalized spacial score (nSPS) is 10.2. The van der Waals surface area contributed by atoms with E-state index in [9.17, 15) is 0 Å². The average molecular weight is 488 g/mol. The molecule has 0 fully saturated rings. The summed E-state index contributed by atoms with van der Waals surface area (Å²) in [4.78, 5) is 0. The van der Waals surface area contributed by atoms with Crippen LogP contribution in [-0.2, 0) is 40.0 Å². The molecule has 0 saturated heterocycles. The molecule has 1 heterocycles. The van der Waals surface area contributed by atoms with Crippen molar-refractivity contribution in [1.82, 2.24) is 9.13 Å². The van der Waals surface area contributed by atoms with Gasteiger partial charge in [0.15, 0.2) is 0 Å². The number of hydrogen-bond donors (Lipinski definition) is 1. The Bertz CT molecular complexity index is 799. The Morgan fingerprint density at radius 3 is 2.04 bits per heavy atom. The number of hydrogen-bond acceptors (Lipinski definition) is 1. The summed E-state index contributed by atoms with van der Waals surface area (Å²) in [5.74, 6) is 0. The van der Waals surface area contributed by atoms with Crippen LogP contribution >= 0.6 is 0 Å². The molecule has 2 N–H and O–H groups in total. The van der Waals surface area contributed by atoms with Gasteiger partial charge < -0.3 is 5.73 Å². The van der Waals surface area contributed by atoms with Crippen molar-refractivity contribution in [3.63, 3.8) is 0 Å². The molecule has 3 aromatic rings. The summed E-state index contributed by atoms with van der Waals surface area (Å²) in [6, 6.07) is 18.7. The third-order valence-electron chi connectivity index (χ3n) is 3.63. The third-order valence-corrected chi connectivity index (χ3v) is 5.19. The van der Waals surface area contributed by atoms with E-state index >= 15 is 0 Å². The SMILES string of the molecule is Cc1ccc(CN)cc1.Cn1cc(-c2ccccc2)n(C)[c]1=[Pt]. The third kappa shape index (κ3) is 4.63. The van der Waals surface area contributed by atoms with Crippen LogP contribution in [0.1, 0.15) is 11.1 Å². The summed E-state index contributed by atoms with van der Waals surface area (Å²) in [5, 5.41) is 0. The van der Waals surface area contributed by atoms with Crippen molar-refractivity contribution in [3.8, 4) is 11.3 Å². The first-order chi connectivity index (χ1) is 11.0. The van der Waals surface area contributed by atoms with E-state index in [0.29, 0.717) is 6.54 Å². The van der Waals surface area contributed by atoms with Gasteiger partial charge in [-0.05, 0) is 12.5 Å². The van der Waals surface area contributed by atoms with Gasteiger partial charge in [0.1, 0.15) is 0 Å². The summed E-state index contributed by atoms with van der Waals surface area (Å²) >= 11 is 2.33. The first kappa shape index (κ1) is 17.6. The Labute approximate surface area is 148 Å². The molecular formula is C19H23N3Pt. The van der Waals surface area contributed by atoms with Crippen LogP contribution in [0.4, 0.5) is 0 Å². The molecule has 3 rings (SSSR count). The van der Waals surface area contributed by atoms with Gasteiger partial charge in [0, 0.05) is 6.54 Å². The van der Waals surface area contributed by atoms with E-state index in [-0.39, 0.29) is 0 Å². The second-order valence-corrected chi connectivity index (χ2v) is 6.50. The van der Waals surface area contributed by atoms with E-state index in [4.69, 9.17) is 5.73 Å². The monoisotopic (exact) mass is 488 g/mol. The van der Waals surface area contributed by atoms with Crippen LogP contribution in [0.5, 0.6) is 0 Å². The van der Waals surface area contributed by atoms with Crippen molar-refractivity contribution in [2.24, 2.45) is 19.8 Å². The molecular weight excluding hydrogens is 465 g/mol. The van der Waals surface area contributed by atoms with Crippen molar-refractivity contribution >= 4 is 0 Å². The standard InChI is InChI=1S/C11H12N2.C8H11N.Pt/c1-12-8-11(13(2)9-12)10-6-4-3-5-7-10;1-7-2-4-8(6-9)5-3-7;/h3-8H,1-2H3;2-5H,6,9H2,1H3;. The van der Waals surface area contributed by atoms with Gasteiger partial charge in [-0.3, -0.25) is 0 Å². The summed E-state index contributed by atoms with van der Waals surface area (Å²) in [6.45, 7) is 2.71. The Hall–Kier alpha value is -1.70. The average Bonchev–Trinajstić information content (AvgIpc) is 2.84. The molecule has 3 nitrogen and oxygen atoms in total. The van der Waals surface area contributed by atoms with E-state index in [2.05, 4.69) is 104 Å². The van der Waals surface area contributed by atoms with Gasteiger partial charge >= 0.3 is 94.2 Å². The zero-order chi connectivity index (χ0) is 16.8. The molecule has 4 heteroatoms. The van der Waals surface area contributed by atoms with Crippen molar-refractivity contribution in [2.75, 3.05) is 0 Å². The predicted molar refractivity (Wildman–Crippen MR) is 92.1 cm³/mol. The molecule has 0 atom stereocenters. The number of nitrogens with zero attached hydrogens (tertiary/aromatic N) is 2. The summed E-state index contributed by atoms with van der Waals surface area (Å²) in [5.41, 5.74) is 10.4. The van der Waals surface area contributed by atoms with Crippen LogP contribution in [0.15, 0.2) is 60.8 Å². The Kier molecular flexibility index (Phi) is 6.32. The molecule has 0 amide bonds. The van der Waals surface area contributed by atoms with Crippen LogP contribution in [0.25, 0.3) is 11.3 Å². The predicted octanol–water partition coefficient (Wildman–Crippen LogP) is 3.56. The zero-order valence-electron chi connectivity index (χ0n) is 13.8. The second-order valence-electron chi connectivity index (χ2n) is 5.48. The molecule has 2 aromatic carbocycles. The zero-order valence-corrected chi connectivity index (χ0v) is 16.0. The number of aryl methyl sites for hydroxylation is 2. The molecule has 0 aliphatic heterocycles. The van der Waals surface area contributed by atoms with Crippen molar-refractivity contribution in [2.45, 2.75) is 13.5 Å². The van der Waals surface area contributed by atoms with Crippen molar-refractivity contribution < 1.29 is 19.4 Å². The van der Waals surface area contributed by atoms with Crippen LogP contribution < -0.4 is 5.73 Å². The van der Waals surface area contributed by atoms with Gasteiger partial charge in [-0.15, -0.1) is 0 Å². The van der Waals surface area contributed by atoms with Gasteiger partial charge in [-0.25, -0.2) is 0 Å². The molecule has 0 aliphatic carbocycles. The van der Waals surface area contributed by atoms with Crippen LogP contribution in [0, 0.1) is 10.7 Å². The summed E-state index contributed by atoms with van der Waals surface area (Å²) in [7, 11) is 4.15. The maximum absolute atomic E-state index is 5.40. The number of rotatable bonds is 2. The topological polar surface area (TPSA) is 35.9 Å². The molecule has 0 bridgehead atoms. The number of imidazole rings is 1. The first-order valence-electron chi connectivity index (χ1n) is 7.51. The number of nitrogens with two attached hydrogens (primary N) is 1. The van der Waals surface area contributed by atoms with Crippen LogP contribution in [-0.4, -0.2) is 9.13 Å². The van der Waals surface area contributed by atoms with Gasteiger partial charge in [0.2, 0.25) is 0 Å². The minimum atomic E-state index is 0.639. The molecule has 0 saturated carbocycles. The van der Waals surface area contributed by atoms with Crippen molar-refractivity contribution in [1.29, 1.82) is 0 Å². The maximum atomic E-state index is 5.40. The second kappa shape index (κ2) is 8.23.